The van der Waals surface area contributed by atoms with Gasteiger partial charge in [0.15, 0.2) is 5.78 Å². The van der Waals surface area contributed by atoms with Gasteiger partial charge in [-0.05, 0) is 56.0 Å². The van der Waals surface area contributed by atoms with Crippen molar-refractivity contribution in [2.75, 3.05) is 31.2 Å². The van der Waals surface area contributed by atoms with E-state index in [2.05, 4.69) is 55.1 Å². The highest BCUT2D eigenvalue weighted by Crippen LogP contribution is 2.23. The summed E-state index contributed by atoms with van der Waals surface area (Å²) in [6.45, 7) is 7.47. The maximum atomic E-state index is 13.3. The molecule has 0 spiro atoms. The van der Waals surface area contributed by atoms with Crippen LogP contribution in [0.5, 0.6) is 0 Å². The molecule has 28 heavy (non-hydrogen) atoms. The number of hydrogen-bond acceptors (Lipinski definition) is 4. The topological polar surface area (TPSA) is 55.6 Å². The maximum absolute atomic E-state index is 13.3. The third-order valence-electron chi connectivity index (χ3n) is 5.61. The fraction of sp³-hybridized carbons (Fsp3) is 0.458. The summed E-state index contributed by atoms with van der Waals surface area (Å²) in [5.74, 6) is 0.102. The number of ether oxygens (including phenoxy) is 1. The highest BCUT2D eigenvalue weighted by atomic mass is 16.5. The van der Waals surface area contributed by atoms with Crippen molar-refractivity contribution in [2.24, 2.45) is 11.7 Å². The number of nitrogens with two attached hydrogens (primary N) is 1. The number of nitrogens with zero attached hydrogens (tertiary/aromatic N) is 1. The number of benzene rings is 2. The van der Waals surface area contributed by atoms with E-state index in [-0.39, 0.29) is 17.7 Å². The van der Waals surface area contributed by atoms with Crippen LogP contribution >= 0.6 is 0 Å². The molecular formula is C24H32N2O2. The smallest absolute Gasteiger partial charge is 0.166 e. The van der Waals surface area contributed by atoms with E-state index in [1.54, 1.807) is 0 Å². The lowest BCUT2D eigenvalue weighted by Gasteiger charge is -2.29. The SMILES string of the molecule is CCC(N)CC(Cc1ccc(C)cc1)C(=O)c1ccc(N2CCOCC2)cc1. The zero-order valence-corrected chi connectivity index (χ0v) is 17.1. The quantitative estimate of drug-likeness (QED) is 0.703. The van der Waals surface area contributed by atoms with E-state index in [0.717, 1.165) is 50.4 Å². The number of ketones is 1. The van der Waals surface area contributed by atoms with Crippen LogP contribution in [0.1, 0.15) is 41.3 Å². The molecule has 0 radical (unpaired) electrons. The molecule has 2 aromatic carbocycles. The van der Waals surface area contributed by atoms with E-state index in [1.807, 2.05) is 12.1 Å². The van der Waals surface area contributed by atoms with Gasteiger partial charge in [0.05, 0.1) is 13.2 Å². The van der Waals surface area contributed by atoms with Crippen LogP contribution < -0.4 is 10.6 Å². The highest BCUT2D eigenvalue weighted by molar-refractivity contribution is 5.98. The zero-order chi connectivity index (χ0) is 19.9. The van der Waals surface area contributed by atoms with Crippen LogP contribution in [-0.4, -0.2) is 38.1 Å². The standard InChI is InChI=1S/C24H32N2O2/c1-3-22(25)17-21(16-19-6-4-18(2)5-7-19)24(27)20-8-10-23(11-9-20)26-12-14-28-15-13-26/h4-11,21-22H,3,12-17,25H2,1-2H3. The summed E-state index contributed by atoms with van der Waals surface area (Å²) in [7, 11) is 0. The van der Waals surface area contributed by atoms with Crippen molar-refractivity contribution in [3.8, 4) is 0 Å². The lowest BCUT2D eigenvalue weighted by atomic mass is 9.85. The van der Waals surface area contributed by atoms with Crippen LogP contribution in [0, 0.1) is 12.8 Å². The number of rotatable bonds is 8. The second-order valence-electron chi connectivity index (χ2n) is 7.80. The normalized spacial score (nSPS) is 16.6. The Balaban J connectivity index is 1.74. The van der Waals surface area contributed by atoms with Crippen molar-refractivity contribution >= 4 is 11.5 Å². The number of anilines is 1. The molecule has 0 amide bonds. The average Bonchev–Trinajstić information content (AvgIpc) is 2.75. The van der Waals surface area contributed by atoms with Crippen LogP contribution in [0.4, 0.5) is 5.69 Å². The second kappa shape index (κ2) is 9.85. The fourth-order valence-corrected chi connectivity index (χ4v) is 3.72. The van der Waals surface area contributed by atoms with Gasteiger partial charge >= 0.3 is 0 Å². The zero-order valence-electron chi connectivity index (χ0n) is 17.1. The molecule has 0 bridgehead atoms. The Bertz CT molecular complexity index is 749. The Morgan fingerprint density at radius 3 is 2.32 bits per heavy atom. The molecule has 0 aliphatic carbocycles. The summed E-state index contributed by atoms with van der Waals surface area (Å²) in [6.07, 6.45) is 2.33. The molecule has 4 nitrogen and oxygen atoms in total. The Labute approximate surface area is 168 Å². The van der Waals surface area contributed by atoms with Crippen molar-refractivity contribution in [2.45, 2.75) is 39.2 Å². The number of hydrogen-bond donors (Lipinski definition) is 1. The van der Waals surface area contributed by atoms with Crippen molar-refractivity contribution < 1.29 is 9.53 Å². The van der Waals surface area contributed by atoms with E-state index in [4.69, 9.17) is 10.5 Å². The third kappa shape index (κ3) is 5.43. The molecule has 2 N–H and O–H groups in total. The van der Waals surface area contributed by atoms with Gasteiger partial charge in [0.2, 0.25) is 0 Å². The minimum absolute atomic E-state index is 0.0482. The van der Waals surface area contributed by atoms with Gasteiger partial charge < -0.3 is 15.4 Å². The minimum Gasteiger partial charge on any atom is -0.378 e. The molecule has 2 atom stereocenters. The van der Waals surface area contributed by atoms with Gasteiger partial charge in [-0.15, -0.1) is 0 Å². The number of aryl methyl sites for hydroxylation is 1. The first-order chi connectivity index (χ1) is 13.6. The molecular weight excluding hydrogens is 348 g/mol. The molecule has 1 aliphatic rings. The first-order valence-electron chi connectivity index (χ1n) is 10.3. The molecule has 1 aliphatic heterocycles. The average molecular weight is 381 g/mol. The summed E-state index contributed by atoms with van der Waals surface area (Å²) in [5, 5.41) is 0. The van der Waals surface area contributed by atoms with Gasteiger partial charge in [-0.3, -0.25) is 4.79 Å². The monoisotopic (exact) mass is 380 g/mol. The molecule has 1 heterocycles. The van der Waals surface area contributed by atoms with Gasteiger partial charge in [-0.2, -0.15) is 0 Å². The van der Waals surface area contributed by atoms with Crippen LogP contribution in [0.15, 0.2) is 48.5 Å². The minimum atomic E-state index is -0.0908. The van der Waals surface area contributed by atoms with E-state index < -0.39 is 0 Å². The summed E-state index contributed by atoms with van der Waals surface area (Å²) in [4.78, 5) is 15.6. The molecule has 2 aromatic rings. The predicted octanol–water partition coefficient (Wildman–Crippen LogP) is 4.00. The molecule has 1 fully saturated rings. The third-order valence-corrected chi connectivity index (χ3v) is 5.61. The molecule has 3 rings (SSSR count). The van der Waals surface area contributed by atoms with Crippen molar-refractivity contribution in [3.05, 3.63) is 65.2 Å². The molecule has 1 saturated heterocycles. The number of carbonyl (C=O) groups is 1. The van der Waals surface area contributed by atoms with E-state index in [1.165, 1.54) is 11.1 Å². The molecule has 150 valence electrons. The Morgan fingerprint density at radius 1 is 1.07 bits per heavy atom. The largest absolute Gasteiger partial charge is 0.378 e. The van der Waals surface area contributed by atoms with Crippen LogP contribution in [0.25, 0.3) is 0 Å². The number of carbonyl (C=O) groups excluding carboxylic acids is 1. The van der Waals surface area contributed by atoms with E-state index >= 15 is 0 Å². The van der Waals surface area contributed by atoms with Gasteiger partial charge in [0, 0.05) is 36.3 Å². The summed E-state index contributed by atoms with van der Waals surface area (Å²) >= 11 is 0. The first-order valence-corrected chi connectivity index (χ1v) is 10.3. The Kier molecular flexibility index (Phi) is 7.24. The molecule has 2 unspecified atom stereocenters. The highest BCUT2D eigenvalue weighted by Gasteiger charge is 2.23. The van der Waals surface area contributed by atoms with Gasteiger partial charge in [-0.25, -0.2) is 0 Å². The van der Waals surface area contributed by atoms with Gasteiger partial charge in [0.25, 0.3) is 0 Å². The molecule has 0 aromatic heterocycles. The van der Waals surface area contributed by atoms with Crippen LogP contribution in [0.3, 0.4) is 0 Å². The summed E-state index contributed by atoms with van der Waals surface area (Å²) in [6, 6.07) is 16.5. The lowest BCUT2D eigenvalue weighted by molar-refractivity contribution is 0.0906. The lowest BCUT2D eigenvalue weighted by Crippen LogP contribution is -2.36. The Hall–Kier alpha value is -2.17. The van der Waals surface area contributed by atoms with Crippen molar-refractivity contribution in [1.29, 1.82) is 0 Å². The Morgan fingerprint density at radius 2 is 1.71 bits per heavy atom. The fourth-order valence-electron chi connectivity index (χ4n) is 3.72. The molecule has 0 saturated carbocycles. The van der Waals surface area contributed by atoms with Crippen LogP contribution in [-0.2, 0) is 11.2 Å². The first kappa shape index (κ1) is 20.6. The van der Waals surface area contributed by atoms with Gasteiger partial charge in [0.1, 0.15) is 0 Å². The maximum Gasteiger partial charge on any atom is 0.166 e. The van der Waals surface area contributed by atoms with Crippen molar-refractivity contribution in [3.63, 3.8) is 0 Å². The summed E-state index contributed by atoms with van der Waals surface area (Å²) < 4.78 is 5.42. The molecule has 4 heteroatoms. The van der Waals surface area contributed by atoms with E-state index in [0.29, 0.717) is 6.42 Å². The van der Waals surface area contributed by atoms with Crippen LogP contribution in [0.2, 0.25) is 0 Å². The van der Waals surface area contributed by atoms with Crippen molar-refractivity contribution in [1.82, 2.24) is 0 Å². The van der Waals surface area contributed by atoms with E-state index in [9.17, 15) is 4.79 Å². The second-order valence-corrected chi connectivity index (χ2v) is 7.80. The number of morpholine rings is 1. The summed E-state index contributed by atoms with van der Waals surface area (Å²) in [5.41, 5.74) is 10.6. The number of Topliss-reactive ketones (excluding diaryl/α,β-unsaturated/α-hetero) is 1. The van der Waals surface area contributed by atoms with Gasteiger partial charge in [-0.1, -0.05) is 36.8 Å². The predicted molar refractivity (Wildman–Crippen MR) is 115 cm³/mol.